The van der Waals surface area contributed by atoms with Crippen LogP contribution in [0.2, 0.25) is 10.0 Å². The Kier molecular flexibility index (Phi) is 9.02. The number of morpholine rings is 1. The standard InChI is InChI=1S/C19H28Cl2N2O4S/c1-3-5-6-14(4-2)13-22-19(24)15-11-18(17(21)12-16(15)20)28(25,26)23-7-9-27-10-8-23/h11-12,14H,3-10,13H2,1-2H3,(H,22,24). The van der Waals surface area contributed by atoms with E-state index in [-0.39, 0.29) is 33.6 Å². The van der Waals surface area contributed by atoms with Gasteiger partial charge in [0.2, 0.25) is 10.0 Å². The van der Waals surface area contributed by atoms with Gasteiger partial charge in [0.15, 0.2) is 0 Å². The average Bonchev–Trinajstić information content (AvgIpc) is 2.68. The monoisotopic (exact) mass is 450 g/mol. The number of amides is 1. The molecule has 1 aliphatic heterocycles. The first-order valence-corrected chi connectivity index (χ1v) is 11.9. The van der Waals surface area contributed by atoms with E-state index >= 15 is 0 Å². The van der Waals surface area contributed by atoms with Crippen LogP contribution in [-0.4, -0.2) is 51.5 Å². The van der Waals surface area contributed by atoms with Crippen LogP contribution in [0, 0.1) is 5.92 Å². The molecule has 1 aromatic carbocycles. The number of hydrogen-bond donors (Lipinski definition) is 1. The molecule has 1 unspecified atom stereocenters. The molecule has 1 N–H and O–H groups in total. The minimum absolute atomic E-state index is 0.00224. The van der Waals surface area contributed by atoms with Crippen LogP contribution in [0.25, 0.3) is 0 Å². The van der Waals surface area contributed by atoms with Crippen LogP contribution < -0.4 is 5.32 Å². The predicted octanol–water partition coefficient (Wildman–Crippen LogP) is 3.96. The van der Waals surface area contributed by atoms with E-state index in [9.17, 15) is 13.2 Å². The number of nitrogens with zero attached hydrogens (tertiary/aromatic N) is 1. The first-order valence-electron chi connectivity index (χ1n) is 9.66. The Morgan fingerprint density at radius 1 is 1.21 bits per heavy atom. The van der Waals surface area contributed by atoms with Crippen molar-refractivity contribution >= 4 is 39.1 Å². The summed E-state index contributed by atoms with van der Waals surface area (Å²) in [5.41, 5.74) is 0.114. The molecule has 1 amide bonds. The fourth-order valence-corrected chi connectivity index (χ4v) is 5.34. The molecule has 0 saturated carbocycles. The molecule has 1 fully saturated rings. The van der Waals surface area contributed by atoms with E-state index in [4.69, 9.17) is 27.9 Å². The van der Waals surface area contributed by atoms with E-state index < -0.39 is 15.9 Å². The minimum Gasteiger partial charge on any atom is -0.379 e. The highest BCUT2D eigenvalue weighted by Gasteiger charge is 2.30. The summed E-state index contributed by atoms with van der Waals surface area (Å²) in [6, 6.07) is 2.59. The third-order valence-electron chi connectivity index (χ3n) is 4.95. The summed E-state index contributed by atoms with van der Waals surface area (Å²) in [6.07, 6.45) is 4.22. The molecule has 1 aromatic rings. The van der Waals surface area contributed by atoms with Crippen molar-refractivity contribution in [1.29, 1.82) is 0 Å². The maximum absolute atomic E-state index is 12.9. The van der Waals surface area contributed by atoms with Crippen molar-refractivity contribution in [2.45, 2.75) is 44.4 Å². The third kappa shape index (κ3) is 5.83. The number of unbranched alkanes of at least 4 members (excludes halogenated alkanes) is 1. The number of nitrogens with one attached hydrogen (secondary N) is 1. The highest BCUT2D eigenvalue weighted by atomic mass is 35.5. The van der Waals surface area contributed by atoms with Gasteiger partial charge in [-0.15, -0.1) is 0 Å². The summed E-state index contributed by atoms with van der Waals surface area (Å²) in [7, 11) is -3.83. The van der Waals surface area contributed by atoms with Crippen molar-refractivity contribution in [2.75, 3.05) is 32.8 Å². The zero-order valence-corrected chi connectivity index (χ0v) is 18.7. The molecule has 0 radical (unpaired) electrons. The number of benzene rings is 1. The molecular formula is C19H28Cl2N2O4S. The van der Waals surface area contributed by atoms with Gasteiger partial charge in [-0.05, 0) is 24.5 Å². The van der Waals surface area contributed by atoms with Crippen LogP contribution in [0.5, 0.6) is 0 Å². The molecule has 1 saturated heterocycles. The lowest BCUT2D eigenvalue weighted by molar-refractivity contribution is 0.0730. The van der Waals surface area contributed by atoms with Gasteiger partial charge in [0.05, 0.1) is 28.8 Å². The smallest absolute Gasteiger partial charge is 0.252 e. The van der Waals surface area contributed by atoms with Gasteiger partial charge in [0.1, 0.15) is 4.90 Å². The first kappa shape index (κ1) is 23.4. The van der Waals surface area contributed by atoms with Crippen molar-refractivity contribution < 1.29 is 17.9 Å². The van der Waals surface area contributed by atoms with Crippen LogP contribution in [0.4, 0.5) is 0 Å². The highest BCUT2D eigenvalue weighted by molar-refractivity contribution is 7.89. The maximum Gasteiger partial charge on any atom is 0.252 e. The van der Waals surface area contributed by atoms with E-state index in [1.807, 2.05) is 0 Å². The predicted molar refractivity (Wildman–Crippen MR) is 112 cm³/mol. The van der Waals surface area contributed by atoms with Gasteiger partial charge < -0.3 is 10.1 Å². The van der Waals surface area contributed by atoms with Gasteiger partial charge in [-0.2, -0.15) is 4.31 Å². The summed E-state index contributed by atoms with van der Waals surface area (Å²) >= 11 is 12.4. The molecule has 0 bridgehead atoms. The Morgan fingerprint density at radius 3 is 2.50 bits per heavy atom. The lowest BCUT2D eigenvalue weighted by Gasteiger charge is -2.26. The van der Waals surface area contributed by atoms with Gasteiger partial charge >= 0.3 is 0 Å². The van der Waals surface area contributed by atoms with Crippen molar-refractivity contribution in [2.24, 2.45) is 5.92 Å². The van der Waals surface area contributed by atoms with Gasteiger partial charge in [-0.25, -0.2) is 8.42 Å². The fraction of sp³-hybridized carbons (Fsp3) is 0.632. The van der Waals surface area contributed by atoms with Crippen molar-refractivity contribution in [3.05, 3.63) is 27.7 Å². The number of ether oxygens (including phenoxy) is 1. The Bertz CT molecular complexity index is 780. The zero-order chi connectivity index (χ0) is 20.7. The van der Waals surface area contributed by atoms with Gasteiger partial charge in [0.25, 0.3) is 5.91 Å². The normalized spacial score (nSPS) is 16.7. The van der Waals surface area contributed by atoms with Crippen molar-refractivity contribution in [3.8, 4) is 0 Å². The molecular weight excluding hydrogens is 423 g/mol. The molecule has 158 valence electrons. The van der Waals surface area contributed by atoms with Gasteiger partial charge in [-0.3, -0.25) is 4.79 Å². The number of sulfonamides is 1. The molecule has 0 spiro atoms. The summed E-state index contributed by atoms with van der Waals surface area (Å²) in [6.45, 7) is 5.91. The maximum atomic E-state index is 12.9. The van der Waals surface area contributed by atoms with Gasteiger partial charge in [-0.1, -0.05) is 56.3 Å². The quantitative estimate of drug-likeness (QED) is 0.617. The molecule has 0 aliphatic carbocycles. The SMILES string of the molecule is CCCCC(CC)CNC(=O)c1cc(S(=O)(=O)N2CCOCC2)c(Cl)cc1Cl. The Morgan fingerprint density at radius 2 is 1.89 bits per heavy atom. The number of halogens is 2. The molecule has 1 heterocycles. The second kappa shape index (κ2) is 10.8. The fourth-order valence-electron chi connectivity index (χ4n) is 3.10. The van der Waals surface area contributed by atoms with E-state index in [1.54, 1.807) is 0 Å². The summed E-state index contributed by atoms with van der Waals surface area (Å²) < 4.78 is 32.4. The molecule has 1 atom stereocenters. The summed E-state index contributed by atoms with van der Waals surface area (Å²) in [5, 5.41) is 3.01. The van der Waals surface area contributed by atoms with Crippen LogP contribution >= 0.6 is 23.2 Å². The molecule has 2 rings (SSSR count). The third-order valence-corrected chi connectivity index (χ3v) is 7.62. The van der Waals surface area contributed by atoms with Crippen LogP contribution in [0.3, 0.4) is 0 Å². The Labute approximate surface area is 177 Å². The van der Waals surface area contributed by atoms with Crippen molar-refractivity contribution in [3.63, 3.8) is 0 Å². The lowest BCUT2D eigenvalue weighted by Crippen LogP contribution is -2.40. The highest BCUT2D eigenvalue weighted by Crippen LogP contribution is 2.31. The van der Waals surface area contributed by atoms with E-state index in [0.29, 0.717) is 25.7 Å². The van der Waals surface area contributed by atoms with Crippen LogP contribution in [-0.2, 0) is 14.8 Å². The minimum atomic E-state index is -3.83. The molecule has 28 heavy (non-hydrogen) atoms. The topological polar surface area (TPSA) is 75.7 Å². The molecule has 1 aliphatic rings. The molecule has 0 aromatic heterocycles. The van der Waals surface area contributed by atoms with Crippen LogP contribution in [0.1, 0.15) is 49.9 Å². The molecule has 6 nitrogen and oxygen atoms in total. The van der Waals surface area contributed by atoms with Gasteiger partial charge in [0, 0.05) is 19.6 Å². The largest absolute Gasteiger partial charge is 0.379 e. The second-order valence-corrected chi connectivity index (χ2v) is 9.63. The first-order chi connectivity index (χ1) is 13.3. The van der Waals surface area contributed by atoms with E-state index in [2.05, 4.69) is 19.2 Å². The van der Waals surface area contributed by atoms with Crippen LogP contribution in [0.15, 0.2) is 17.0 Å². The zero-order valence-electron chi connectivity index (χ0n) is 16.3. The number of carbonyl (C=O) groups is 1. The summed E-state index contributed by atoms with van der Waals surface area (Å²) in [5.74, 6) is -0.0124. The van der Waals surface area contributed by atoms with E-state index in [1.165, 1.54) is 16.4 Å². The number of hydrogen-bond acceptors (Lipinski definition) is 4. The van der Waals surface area contributed by atoms with Crippen molar-refractivity contribution in [1.82, 2.24) is 9.62 Å². The number of carbonyl (C=O) groups excluding carboxylic acids is 1. The number of rotatable bonds is 9. The molecule has 9 heteroatoms. The lowest BCUT2D eigenvalue weighted by atomic mass is 9.99. The summed E-state index contributed by atoms with van der Waals surface area (Å²) in [4.78, 5) is 12.6. The Hall–Kier alpha value is -0.860. The average molecular weight is 451 g/mol. The second-order valence-electron chi connectivity index (χ2n) is 6.91. The van der Waals surface area contributed by atoms with E-state index in [0.717, 1.165) is 25.7 Å². The Balaban J connectivity index is 2.21.